The summed E-state index contributed by atoms with van der Waals surface area (Å²) in [6.45, 7) is 0. The number of halogens is 1. The van der Waals surface area contributed by atoms with Crippen LogP contribution in [0.4, 0.5) is 4.39 Å². The predicted octanol–water partition coefficient (Wildman–Crippen LogP) is 4.50. The van der Waals surface area contributed by atoms with E-state index in [0.29, 0.717) is 33.9 Å². The van der Waals surface area contributed by atoms with Gasteiger partial charge >= 0.3 is 0 Å². The molecule has 2 N–H and O–H groups in total. The molecule has 140 valence electrons. The molecule has 4 fully saturated rings. The fourth-order valence-electron chi connectivity index (χ4n) is 6.66. The van der Waals surface area contributed by atoms with E-state index in [-0.39, 0.29) is 17.0 Å². The van der Waals surface area contributed by atoms with Crippen LogP contribution >= 0.6 is 11.8 Å². The van der Waals surface area contributed by atoms with Crippen molar-refractivity contribution in [1.82, 2.24) is 0 Å². The number of thioether (sulfide) groups is 1. The maximum Gasteiger partial charge on any atom is 0.153 e. The normalized spacial score (nSPS) is 39.6. The average Bonchev–Trinajstić information content (AvgIpc) is 2.96. The van der Waals surface area contributed by atoms with Gasteiger partial charge in [0.25, 0.3) is 0 Å². The van der Waals surface area contributed by atoms with Crippen molar-refractivity contribution in [3.8, 4) is 6.07 Å². The molecule has 6 rings (SSSR count). The van der Waals surface area contributed by atoms with Crippen LogP contribution < -0.4 is 5.73 Å². The molecule has 0 radical (unpaired) electrons. The van der Waals surface area contributed by atoms with Crippen molar-refractivity contribution in [2.24, 2.45) is 28.9 Å². The largest absolute Gasteiger partial charge is 0.393 e. The molecule has 0 spiro atoms. The van der Waals surface area contributed by atoms with Gasteiger partial charge in [0.2, 0.25) is 0 Å². The SMILES string of the molecule is N#CC1=C(N)S[C@@H](C(=O)C23CC4CC(CC(C4)C2)C3)[C@@H]1c1cccc(F)c1. The molecule has 1 aliphatic heterocycles. The van der Waals surface area contributed by atoms with Crippen LogP contribution in [0.3, 0.4) is 0 Å². The Hall–Kier alpha value is -1.80. The second-order valence-corrected chi connectivity index (χ2v) is 10.2. The Morgan fingerprint density at radius 3 is 2.37 bits per heavy atom. The van der Waals surface area contributed by atoms with Crippen molar-refractivity contribution in [3.63, 3.8) is 0 Å². The highest BCUT2D eigenvalue weighted by Gasteiger charge is 2.57. The summed E-state index contributed by atoms with van der Waals surface area (Å²) in [5, 5.41) is 9.69. The molecule has 27 heavy (non-hydrogen) atoms. The fraction of sp³-hybridized carbons (Fsp3) is 0.545. The van der Waals surface area contributed by atoms with Gasteiger partial charge in [-0.25, -0.2) is 4.39 Å². The first kappa shape index (κ1) is 17.3. The topological polar surface area (TPSA) is 66.9 Å². The standard InChI is InChI=1S/C22H23FN2OS/c23-16-3-1-2-15(7-16)18-17(11-24)21(25)27-19(18)20(26)22-8-12-4-13(9-22)6-14(5-12)10-22/h1-3,7,12-14,18-19H,4-6,8-10,25H2/t12?,13?,14?,18-,19-,22?/m1/s1. The summed E-state index contributed by atoms with van der Waals surface area (Å²) >= 11 is 1.33. The van der Waals surface area contributed by atoms with Crippen LogP contribution in [0.15, 0.2) is 34.9 Å². The molecular weight excluding hydrogens is 359 g/mol. The minimum atomic E-state index is -0.434. The van der Waals surface area contributed by atoms with E-state index in [1.165, 1.54) is 43.2 Å². The summed E-state index contributed by atoms with van der Waals surface area (Å²) in [6, 6.07) is 8.49. The number of Topliss-reactive ketones (excluding diaryl/α,β-unsaturated/α-hetero) is 1. The molecule has 1 aromatic rings. The van der Waals surface area contributed by atoms with Crippen LogP contribution in [0, 0.1) is 40.3 Å². The first-order chi connectivity index (χ1) is 13.0. The summed E-state index contributed by atoms with van der Waals surface area (Å²) < 4.78 is 13.9. The number of hydrogen-bond acceptors (Lipinski definition) is 4. The van der Waals surface area contributed by atoms with E-state index in [1.54, 1.807) is 6.07 Å². The number of nitrogens with two attached hydrogens (primary N) is 1. The first-order valence-corrected chi connectivity index (χ1v) is 10.7. The Bertz CT molecular complexity index is 851. The zero-order valence-electron chi connectivity index (χ0n) is 15.2. The van der Waals surface area contributed by atoms with E-state index >= 15 is 0 Å². The van der Waals surface area contributed by atoms with Crippen LogP contribution in [0.5, 0.6) is 0 Å². The lowest BCUT2D eigenvalue weighted by Crippen LogP contribution is -2.52. The third kappa shape index (κ3) is 2.64. The van der Waals surface area contributed by atoms with Gasteiger partial charge in [0.15, 0.2) is 5.78 Å². The zero-order chi connectivity index (χ0) is 18.8. The van der Waals surface area contributed by atoms with E-state index in [0.717, 1.165) is 19.3 Å². The molecule has 1 heterocycles. The van der Waals surface area contributed by atoms with Crippen molar-refractivity contribution < 1.29 is 9.18 Å². The minimum absolute atomic E-state index is 0.247. The first-order valence-electron chi connectivity index (χ1n) is 9.85. The van der Waals surface area contributed by atoms with Gasteiger partial charge in [-0.2, -0.15) is 5.26 Å². The minimum Gasteiger partial charge on any atom is -0.393 e. The number of benzene rings is 1. The Balaban J connectivity index is 1.52. The van der Waals surface area contributed by atoms with Gasteiger partial charge in [-0.15, -0.1) is 0 Å². The van der Waals surface area contributed by atoms with Gasteiger partial charge in [0, 0.05) is 11.3 Å². The van der Waals surface area contributed by atoms with Crippen LogP contribution in [0.1, 0.15) is 50.0 Å². The molecule has 4 aliphatic carbocycles. The van der Waals surface area contributed by atoms with Gasteiger partial charge in [0.1, 0.15) is 5.82 Å². The molecule has 4 saturated carbocycles. The molecule has 0 unspecified atom stereocenters. The number of nitriles is 1. The lowest BCUT2D eigenvalue weighted by molar-refractivity contribution is -0.143. The van der Waals surface area contributed by atoms with E-state index in [1.807, 2.05) is 6.07 Å². The number of nitrogens with zero attached hydrogens (tertiary/aromatic N) is 1. The lowest BCUT2D eigenvalue weighted by Gasteiger charge is -2.56. The van der Waals surface area contributed by atoms with Crippen molar-refractivity contribution in [1.29, 1.82) is 5.26 Å². The molecule has 4 bridgehead atoms. The molecule has 5 heteroatoms. The number of carbonyl (C=O) groups excluding carboxylic acids is 1. The molecule has 2 atom stereocenters. The maximum atomic E-state index is 13.9. The Morgan fingerprint density at radius 1 is 1.19 bits per heavy atom. The predicted molar refractivity (Wildman–Crippen MR) is 103 cm³/mol. The number of allylic oxidation sites excluding steroid dienone is 1. The van der Waals surface area contributed by atoms with Crippen molar-refractivity contribution in [2.75, 3.05) is 0 Å². The molecule has 0 amide bonds. The van der Waals surface area contributed by atoms with Crippen molar-refractivity contribution in [2.45, 2.75) is 49.7 Å². The quantitative estimate of drug-likeness (QED) is 0.835. The molecule has 3 nitrogen and oxygen atoms in total. The van der Waals surface area contributed by atoms with Crippen LogP contribution in [-0.4, -0.2) is 11.0 Å². The average molecular weight is 383 g/mol. The third-order valence-electron chi connectivity index (χ3n) is 7.28. The molecule has 0 saturated heterocycles. The number of carbonyl (C=O) groups is 1. The number of ketones is 1. The van der Waals surface area contributed by atoms with Gasteiger partial charge in [-0.3, -0.25) is 4.79 Å². The van der Waals surface area contributed by atoms with E-state index in [4.69, 9.17) is 5.73 Å². The second-order valence-electron chi connectivity index (χ2n) is 9.02. The molecular formula is C22H23FN2OS. The Labute approximate surface area is 163 Å². The Kier molecular flexibility index (Phi) is 3.91. The number of rotatable bonds is 3. The highest BCUT2D eigenvalue weighted by molar-refractivity contribution is 8.04. The third-order valence-corrected chi connectivity index (χ3v) is 8.49. The van der Waals surface area contributed by atoms with Crippen molar-refractivity contribution >= 4 is 17.5 Å². The second kappa shape index (κ2) is 6.10. The van der Waals surface area contributed by atoms with E-state index in [2.05, 4.69) is 6.07 Å². The summed E-state index contributed by atoms with van der Waals surface area (Å²) in [5.41, 5.74) is 7.01. The summed E-state index contributed by atoms with van der Waals surface area (Å²) in [7, 11) is 0. The highest BCUT2D eigenvalue weighted by atomic mass is 32.2. The molecule has 1 aromatic carbocycles. The van der Waals surface area contributed by atoms with E-state index in [9.17, 15) is 14.4 Å². The highest BCUT2D eigenvalue weighted by Crippen LogP contribution is 2.62. The van der Waals surface area contributed by atoms with Crippen molar-refractivity contribution in [3.05, 3.63) is 46.2 Å². The fourth-order valence-corrected chi connectivity index (χ4v) is 8.02. The molecule has 5 aliphatic rings. The summed E-state index contributed by atoms with van der Waals surface area (Å²) in [5.74, 6) is 1.52. The Morgan fingerprint density at radius 2 is 1.81 bits per heavy atom. The van der Waals surface area contributed by atoms with Gasteiger partial charge in [-0.1, -0.05) is 23.9 Å². The summed E-state index contributed by atoms with van der Waals surface area (Å²) in [4.78, 5) is 13.9. The van der Waals surface area contributed by atoms with Gasteiger partial charge in [-0.05, 0) is 74.0 Å². The molecule has 0 aromatic heterocycles. The van der Waals surface area contributed by atoms with Crippen LogP contribution in [0.25, 0.3) is 0 Å². The summed E-state index contributed by atoms with van der Waals surface area (Å²) in [6.07, 6.45) is 6.82. The monoisotopic (exact) mass is 382 g/mol. The van der Waals surface area contributed by atoms with Gasteiger partial charge < -0.3 is 5.73 Å². The smallest absolute Gasteiger partial charge is 0.153 e. The van der Waals surface area contributed by atoms with Crippen LogP contribution in [-0.2, 0) is 4.79 Å². The van der Waals surface area contributed by atoms with E-state index < -0.39 is 11.2 Å². The van der Waals surface area contributed by atoms with Gasteiger partial charge in [0.05, 0.1) is 21.9 Å². The zero-order valence-corrected chi connectivity index (χ0v) is 16.0. The van der Waals surface area contributed by atoms with Crippen LogP contribution in [0.2, 0.25) is 0 Å². The lowest BCUT2D eigenvalue weighted by atomic mass is 9.48. The maximum absolute atomic E-state index is 13.9. The number of hydrogen-bond donors (Lipinski definition) is 1.